The highest BCUT2D eigenvalue weighted by Gasteiger charge is 2.47. The van der Waals surface area contributed by atoms with Crippen LogP contribution in [0, 0.1) is 17.8 Å². The van der Waals surface area contributed by atoms with Crippen LogP contribution in [0.15, 0.2) is 12.2 Å². The van der Waals surface area contributed by atoms with Crippen molar-refractivity contribution in [2.45, 2.75) is 70.6 Å². The fourth-order valence-electron chi connectivity index (χ4n) is 4.64. The van der Waals surface area contributed by atoms with Crippen molar-refractivity contribution in [3.63, 3.8) is 0 Å². The normalized spacial score (nSPS) is 44.8. The Bertz CT molecular complexity index is 419. The molecule has 2 heterocycles. The van der Waals surface area contributed by atoms with Crippen LogP contribution in [0.4, 0.5) is 0 Å². The monoisotopic (exact) mass is 291 g/mol. The molecule has 0 N–H and O–H groups in total. The molecule has 3 fully saturated rings. The summed E-state index contributed by atoms with van der Waals surface area (Å²) in [7, 11) is 2.24. The highest BCUT2D eigenvalue weighted by atomic mass is 16.6. The van der Waals surface area contributed by atoms with Gasteiger partial charge in [0.05, 0.1) is 5.92 Å². The molecule has 118 valence electrons. The van der Waals surface area contributed by atoms with Crippen molar-refractivity contribution in [3.05, 3.63) is 12.2 Å². The highest BCUT2D eigenvalue weighted by Crippen LogP contribution is 2.44. The first-order valence-electron chi connectivity index (χ1n) is 8.68. The topological polar surface area (TPSA) is 29.5 Å². The molecule has 2 saturated heterocycles. The van der Waals surface area contributed by atoms with E-state index in [9.17, 15) is 4.79 Å². The van der Waals surface area contributed by atoms with Gasteiger partial charge in [-0.3, -0.25) is 9.69 Å². The van der Waals surface area contributed by atoms with E-state index in [1.165, 1.54) is 25.7 Å². The molecule has 0 amide bonds. The summed E-state index contributed by atoms with van der Waals surface area (Å²) >= 11 is 0. The van der Waals surface area contributed by atoms with Crippen molar-refractivity contribution in [1.82, 2.24) is 4.90 Å². The molecule has 0 radical (unpaired) electrons. The number of likely N-dealkylation sites (N-methyl/N-ethyl adjacent to an activating group) is 1. The fourth-order valence-corrected chi connectivity index (χ4v) is 4.64. The first kappa shape index (κ1) is 15.1. The standard InChI is InChI=1S/C18H29NO2/c1-12-6-4-8-15(19(12)3)11-10-14-7-5-9-16-17(14)13(2)21-18(16)20/h10-17H,4-9H2,1-3H3/b11-10+/t12-,13+,14+,15+,16+,17-/m0/s1. The molecule has 0 unspecified atom stereocenters. The van der Waals surface area contributed by atoms with Crippen LogP contribution in [-0.2, 0) is 9.53 Å². The fraction of sp³-hybridized carbons (Fsp3) is 0.833. The first-order chi connectivity index (χ1) is 10.1. The van der Waals surface area contributed by atoms with Gasteiger partial charge in [0.25, 0.3) is 0 Å². The minimum atomic E-state index is 0.0500. The van der Waals surface area contributed by atoms with Gasteiger partial charge in [0.1, 0.15) is 6.10 Å². The molecular weight excluding hydrogens is 262 g/mol. The molecule has 2 aliphatic heterocycles. The number of ether oxygens (including phenoxy) is 1. The maximum atomic E-state index is 11.9. The van der Waals surface area contributed by atoms with Gasteiger partial charge in [0, 0.05) is 18.0 Å². The molecule has 3 aliphatic rings. The van der Waals surface area contributed by atoms with Crippen LogP contribution in [0.1, 0.15) is 52.4 Å². The van der Waals surface area contributed by atoms with E-state index in [0.717, 1.165) is 12.8 Å². The Balaban J connectivity index is 1.68. The third-order valence-corrected chi connectivity index (χ3v) is 6.08. The molecule has 0 aromatic heterocycles. The summed E-state index contributed by atoms with van der Waals surface area (Å²) in [6, 6.07) is 1.25. The molecule has 6 atom stereocenters. The van der Waals surface area contributed by atoms with Gasteiger partial charge in [-0.25, -0.2) is 0 Å². The minimum absolute atomic E-state index is 0.0500. The third kappa shape index (κ3) is 2.90. The van der Waals surface area contributed by atoms with E-state index in [-0.39, 0.29) is 18.0 Å². The summed E-state index contributed by atoms with van der Waals surface area (Å²) in [4.78, 5) is 14.4. The number of rotatable bonds is 2. The van der Waals surface area contributed by atoms with E-state index in [1.54, 1.807) is 0 Å². The molecule has 0 bridgehead atoms. The summed E-state index contributed by atoms with van der Waals surface area (Å²) in [6.45, 7) is 4.39. The van der Waals surface area contributed by atoms with E-state index in [4.69, 9.17) is 4.74 Å². The number of nitrogens with zero attached hydrogens (tertiary/aromatic N) is 1. The van der Waals surface area contributed by atoms with Crippen molar-refractivity contribution in [2.75, 3.05) is 7.05 Å². The Morgan fingerprint density at radius 2 is 1.86 bits per heavy atom. The lowest BCUT2D eigenvalue weighted by Crippen LogP contribution is -2.41. The molecule has 3 rings (SSSR count). The van der Waals surface area contributed by atoms with Crippen LogP contribution in [-0.4, -0.2) is 36.1 Å². The van der Waals surface area contributed by atoms with Crippen molar-refractivity contribution in [1.29, 1.82) is 0 Å². The second-order valence-electron chi connectivity index (χ2n) is 7.32. The Morgan fingerprint density at radius 3 is 2.67 bits per heavy atom. The van der Waals surface area contributed by atoms with Crippen molar-refractivity contribution in [2.24, 2.45) is 17.8 Å². The van der Waals surface area contributed by atoms with Crippen LogP contribution in [0.3, 0.4) is 0 Å². The summed E-state index contributed by atoms with van der Waals surface area (Å²) in [6.07, 6.45) is 12.2. The molecule has 0 spiro atoms. The molecule has 0 aromatic rings. The number of esters is 1. The maximum Gasteiger partial charge on any atom is 0.309 e. The minimum Gasteiger partial charge on any atom is -0.462 e. The molecule has 1 saturated carbocycles. The number of carbonyl (C=O) groups excluding carboxylic acids is 1. The zero-order chi connectivity index (χ0) is 15.0. The van der Waals surface area contributed by atoms with Crippen molar-refractivity contribution in [3.8, 4) is 0 Å². The van der Waals surface area contributed by atoms with Crippen LogP contribution in [0.25, 0.3) is 0 Å². The smallest absolute Gasteiger partial charge is 0.309 e. The van der Waals surface area contributed by atoms with Gasteiger partial charge in [-0.05, 0) is 52.5 Å². The van der Waals surface area contributed by atoms with Crippen molar-refractivity contribution < 1.29 is 9.53 Å². The molecule has 3 heteroatoms. The lowest BCUT2D eigenvalue weighted by Gasteiger charge is -2.37. The first-order valence-corrected chi connectivity index (χ1v) is 8.68. The van der Waals surface area contributed by atoms with Crippen LogP contribution >= 0.6 is 0 Å². The number of cyclic esters (lactones) is 1. The van der Waals surface area contributed by atoms with Crippen molar-refractivity contribution >= 4 is 5.97 Å². The molecule has 1 aliphatic carbocycles. The van der Waals surface area contributed by atoms with Crippen LogP contribution < -0.4 is 0 Å². The number of likely N-dealkylation sites (tertiary alicyclic amines) is 1. The van der Waals surface area contributed by atoms with Gasteiger partial charge < -0.3 is 4.74 Å². The van der Waals surface area contributed by atoms with E-state index < -0.39 is 0 Å². The summed E-state index contributed by atoms with van der Waals surface area (Å²) < 4.78 is 5.49. The number of allylic oxidation sites excluding steroid dienone is 1. The Hall–Kier alpha value is -0.830. The van der Waals surface area contributed by atoms with Crippen LogP contribution in [0.2, 0.25) is 0 Å². The number of hydrogen-bond acceptors (Lipinski definition) is 3. The largest absolute Gasteiger partial charge is 0.462 e. The van der Waals surface area contributed by atoms with Gasteiger partial charge in [-0.1, -0.05) is 25.0 Å². The lowest BCUT2D eigenvalue weighted by atomic mass is 9.71. The van der Waals surface area contributed by atoms with Gasteiger partial charge in [-0.15, -0.1) is 0 Å². The number of fused-ring (bicyclic) bond motifs is 1. The average Bonchev–Trinajstić information content (AvgIpc) is 2.76. The Morgan fingerprint density at radius 1 is 1.10 bits per heavy atom. The van der Waals surface area contributed by atoms with E-state index in [0.29, 0.717) is 23.9 Å². The lowest BCUT2D eigenvalue weighted by molar-refractivity contribution is -0.143. The molecule has 0 aromatic carbocycles. The number of hydrogen-bond donors (Lipinski definition) is 0. The zero-order valence-electron chi connectivity index (χ0n) is 13.6. The highest BCUT2D eigenvalue weighted by molar-refractivity contribution is 5.75. The Kier molecular flexibility index (Phi) is 4.39. The predicted molar refractivity (Wildman–Crippen MR) is 83.9 cm³/mol. The zero-order valence-corrected chi connectivity index (χ0v) is 13.6. The van der Waals surface area contributed by atoms with E-state index in [2.05, 4.69) is 37.9 Å². The third-order valence-electron chi connectivity index (χ3n) is 6.08. The SMILES string of the molecule is C[C@H]1OC(=O)[C@@H]2CCC[C@H](/C=C/[C@H]3CCC[C@H](C)N3C)[C@H]12. The van der Waals surface area contributed by atoms with Gasteiger partial charge in [-0.2, -0.15) is 0 Å². The second-order valence-corrected chi connectivity index (χ2v) is 7.32. The Labute approximate surface area is 128 Å². The quantitative estimate of drug-likeness (QED) is 0.577. The maximum absolute atomic E-state index is 11.9. The number of carbonyl (C=O) groups is 1. The molecule has 3 nitrogen and oxygen atoms in total. The predicted octanol–water partition coefficient (Wildman–Crippen LogP) is 3.39. The average molecular weight is 291 g/mol. The van der Waals surface area contributed by atoms with Gasteiger partial charge >= 0.3 is 5.97 Å². The number of piperidine rings is 1. The van der Waals surface area contributed by atoms with Gasteiger partial charge in [0.2, 0.25) is 0 Å². The van der Waals surface area contributed by atoms with Gasteiger partial charge in [0.15, 0.2) is 0 Å². The van der Waals surface area contributed by atoms with Crippen LogP contribution in [0.5, 0.6) is 0 Å². The van der Waals surface area contributed by atoms with E-state index in [1.807, 2.05) is 0 Å². The second kappa shape index (κ2) is 6.12. The summed E-state index contributed by atoms with van der Waals surface area (Å²) in [5.41, 5.74) is 0. The summed E-state index contributed by atoms with van der Waals surface area (Å²) in [5, 5.41) is 0. The molecule has 21 heavy (non-hydrogen) atoms. The summed E-state index contributed by atoms with van der Waals surface area (Å²) in [5.74, 6) is 1.14. The molecular formula is C18H29NO2. The van der Waals surface area contributed by atoms with E-state index >= 15 is 0 Å².